The van der Waals surface area contributed by atoms with Crippen molar-refractivity contribution in [3.8, 4) is 6.07 Å². The van der Waals surface area contributed by atoms with E-state index in [1.54, 1.807) is 13.0 Å². The highest BCUT2D eigenvalue weighted by molar-refractivity contribution is 5.26. The summed E-state index contributed by atoms with van der Waals surface area (Å²) in [5.74, 6) is 0.656. The van der Waals surface area contributed by atoms with E-state index in [2.05, 4.69) is 30.7 Å². The molecule has 0 spiro atoms. The van der Waals surface area contributed by atoms with Crippen molar-refractivity contribution < 1.29 is 0 Å². The minimum absolute atomic E-state index is 0.0285. The van der Waals surface area contributed by atoms with E-state index in [0.29, 0.717) is 11.5 Å². The van der Waals surface area contributed by atoms with Crippen molar-refractivity contribution >= 4 is 0 Å². The second-order valence-corrected chi connectivity index (χ2v) is 4.05. The van der Waals surface area contributed by atoms with Crippen LogP contribution in [-0.4, -0.2) is 9.97 Å². The second kappa shape index (κ2) is 3.14. The maximum absolute atomic E-state index is 8.71. The van der Waals surface area contributed by atoms with Crippen molar-refractivity contribution in [2.24, 2.45) is 0 Å². The molecule has 1 aromatic rings. The van der Waals surface area contributed by atoms with Crippen molar-refractivity contribution in [2.45, 2.75) is 33.1 Å². The molecule has 0 radical (unpaired) electrons. The number of nitrogens with zero attached hydrogens (tertiary/aromatic N) is 3. The minimum Gasteiger partial charge on any atom is -0.238 e. The first kappa shape index (κ1) is 9.66. The van der Waals surface area contributed by atoms with E-state index >= 15 is 0 Å². The lowest BCUT2D eigenvalue weighted by Crippen LogP contribution is -2.15. The maximum atomic E-state index is 8.71. The van der Waals surface area contributed by atoms with Gasteiger partial charge in [-0.15, -0.1) is 0 Å². The summed E-state index contributed by atoms with van der Waals surface area (Å²) in [6.45, 7) is 8.00. The van der Waals surface area contributed by atoms with Gasteiger partial charge in [0, 0.05) is 5.41 Å². The van der Waals surface area contributed by atoms with Crippen molar-refractivity contribution in [2.75, 3.05) is 0 Å². The SMILES string of the molecule is Cc1nc(C#N)cc(C(C)(C)C)n1. The third-order valence-electron chi connectivity index (χ3n) is 1.72. The molecule has 0 aliphatic carbocycles. The average Bonchev–Trinajstić information content (AvgIpc) is 2.01. The lowest BCUT2D eigenvalue weighted by Gasteiger charge is -2.17. The Balaban J connectivity index is 3.26. The normalized spacial score (nSPS) is 11.0. The molecule has 0 aliphatic rings. The van der Waals surface area contributed by atoms with Gasteiger partial charge in [-0.3, -0.25) is 0 Å². The van der Waals surface area contributed by atoms with Crippen LogP contribution in [0.3, 0.4) is 0 Å². The molecule has 0 unspecified atom stereocenters. The van der Waals surface area contributed by atoms with Crippen LogP contribution in [0, 0.1) is 18.3 Å². The highest BCUT2D eigenvalue weighted by atomic mass is 14.9. The smallest absolute Gasteiger partial charge is 0.144 e. The molecule has 0 aromatic carbocycles. The Bertz CT molecular complexity index is 355. The van der Waals surface area contributed by atoms with Crippen molar-refractivity contribution in [1.82, 2.24) is 9.97 Å². The van der Waals surface area contributed by atoms with Crippen LogP contribution in [0.2, 0.25) is 0 Å². The molecule has 0 saturated carbocycles. The molecule has 1 aromatic heterocycles. The summed E-state index contributed by atoms with van der Waals surface area (Å²) < 4.78 is 0. The molecule has 0 amide bonds. The zero-order chi connectivity index (χ0) is 10.1. The van der Waals surface area contributed by atoms with Gasteiger partial charge in [0.15, 0.2) is 0 Å². The van der Waals surface area contributed by atoms with E-state index in [9.17, 15) is 0 Å². The topological polar surface area (TPSA) is 49.6 Å². The quantitative estimate of drug-likeness (QED) is 0.605. The molecule has 0 aliphatic heterocycles. The fourth-order valence-electron chi connectivity index (χ4n) is 1.01. The lowest BCUT2D eigenvalue weighted by atomic mass is 9.91. The van der Waals surface area contributed by atoms with Crippen LogP contribution in [0.1, 0.15) is 38.0 Å². The van der Waals surface area contributed by atoms with Crippen molar-refractivity contribution in [3.63, 3.8) is 0 Å². The van der Waals surface area contributed by atoms with Crippen molar-refractivity contribution in [1.29, 1.82) is 5.26 Å². The Kier molecular flexibility index (Phi) is 2.33. The van der Waals surface area contributed by atoms with Crippen LogP contribution < -0.4 is 0 Å². The van der Waals surface area contributed by atoms with E-state index in [-0.39, 0.29) is 5.41 Å². The average molecular weight is 175 g/mol. The Hall–Kier alpha value is -1.43. The number of nitriles is 1. The largest absolute Gasteiger partial charge is 0.238 e. The van der Waals surface area contributed by atoms with Gasteiger partial charge in [-0.2, -0.15) is 5.26 Å². The molecule has 13 heavy (non-hydrogen) atoms. The van der Waals surface area contributed by atoms with Gasteiger partial charge in [0.2, 0.25) is 0 Å². The summed E-state index contributed by atoms with van der Waals surface area (Å²) >= 11 is 0. The predicted octanol–water partition coefficient (Wildman–Crippen LogP) is 1.95. The van der Waals surface area contributed by atoms with Crippen LogP contribution in [0.4, 0.5) is 0 Å². The molecular weight excluding hydrogens is 162 g/mol. The number of rotatable bonds is 0. The first-order chi connectivity index (χ1) is 5.93. The van der Waals surface area contributed by atoms with Gasteiger partial charge < -0.3 is 0 Å². The number of hydrogen-bond donors (Lipinski definition) is 0. The standard InChI is InChI=1S/C10H13N3/c1-7-12-8(6-11)5-9(13-7)10(2,3)4/h5H,1-4H3. The van der Waals surface area contributed by atoms with Gasteiger partial charge in [0.1, 0.15) is 17.6 Å². The molecule has 0 saturated heterocycles. The van der Waals surface area contributed by atoms with Gasteiger partial charge in [0.25, 0.3) is 0 Å². The van der Waals surface area contributed by atoms with E-state index in [0.717, 1.165) is 5.69 Å². The molecular formula is C10H13N3. The number of hydrogen-bond acceptors (Lipinski definition) is 3. The van der Waals surface area contributed by atoms with Gasteiger partial charge in [-0.1, -0.05) is 20.8 Å². The molecule has 1 rings (SSSR count). The Morgan fingerprint density at radius 2 is 1.92 bits per heavy atom. The highest BCUT2D eigenvalue weighted by Crippen LogP contribution is 2.20. The van der Waals surface area contributed by atoms with Gasteiger partial charge in [-0.05, 0) is 13.0 Å². The molecule has 3 heteroatoms. The van der Waals surface area contributed by atoms with Crippen molar-refractivity contribution in [3.05, 3.63) is 23.3 Å². The van der Waals surface area contributed by atoms with Gasteiger partial charge in [-0.25, -0.2) is 9.97 Å². The first-order valence-corrected chi connectivity index (χ1v) is 4.20. The fourth-order valence-corrected chi connectivity index (χ4v) is 1.01. The van der Waals surface area contributed by atoms with E-state index in [4.69, 9.17) is 5.26 Å². The molecule has 1 heterocycles. The van der Waals surface area contributed by atoms with Crippen LogP contribution in [0.15, 0.2) is 6.07 Å². The third kappa shape index (κ3) is 2.25. The summed E-state index contributed by atoms with van der Waals surface area (Å²) in [5.41, 5.74) is 1.33. The monoisotopic (exact) mass is 175 g/mol. The Morgan fingerprint density at radius 1 is 1.31 bits per heavy atom. The van der Waals surface area contributed by atoms with Crippen LogP contribution in [0.25, 0.3) is 0 Å². The Labute approximate surface area is 78.5 Å². The summed E-state index contributed by atoms with van der Waals surface area (Å²) in [5, 5.41) is 8.71. The summed E-state index contributed by atoms with van der Waals surface area (Å²) in [4.78, 5) is 8.28. The zero-order valence-corrected chi connectivity index (χ0v) is 8.42. The number of aryl methyl sites for hydroxylation is 1. The fraction of sp³-hybridized carbons (Fsp3) is 0.500. The molecule has 0 N–H and O–H groups in total. The second-order valence-electron chi connectivity index (χ2n) is 4.05. The van der Waals surface area contributed by atoms with Crippen LogP contribution in [0.5, 0.6) is 0 Å². The Morgan fingerprint density at radius 3 is 2.38 bits per heavy atom. The van der Waals surface area contributed by atoms with E-state index < -0.39 is 0 Å². The van der Waals surface area contributed by atoms with Crippen LogP contribution >= 0.6 is 0 Å². The highest BCUT2D eigenvalue weighted by Gasteiger charge is 2.16. The molecule has 0 fully saturated rings. The first-order valence-electron chi connectivity index (χ1n) is 4.20. The van der Waals surface area contributed by atoms with E-state index in [1.165, 1.54) is 0 Å². The summed E-state index contributed by atoms with van der Waals surface area (Å²) in [6, 6.07) is 3.77. The third-order valence-corrected chi connectivity index (χ3v) is 1.72. The molecule has 68 valence electrons. The van der Waals surface area contributed by atoms with E-state index in [1.807, 2.05) is 6.07 Å². The predicted molar refractivity (Wildman–Crippen MR) is 50.2 cm³/mol. The van der Waals surface area contributed by atoms with Gasteiger partial charge >= 0.3 is 0 Å². The summed E-state index contributed by atoms with van der Waals surface area (Å²) in [6.07, 6.45) is 0. The minimum atomic E-state index is -0.0285. The molecule has 3 nitrogen and oxygen atoms in total. The zero-order valence-electron chi connectivity index (χ0n) is 8.42. The molecule has 0 bridgehead atoms. The summed E-state index contributed by atoms with van der Waals surface area (Å²) in [7, 11) is 0. The number of aromatic nitrogens is 2. The van der Waals surface area contributed by atoms with Gasteiger partial charge in [0.05, 0.1) is 5.69 Å². The lowest BCUT2D eigenvalue weighted by molar-refractivity contribution is 0.563. The maximum Gasteiger partial charge on any atom is 0.144 e. The van der Waals surface area contributed by atoms with Crippen LogP contribution in [-0.2, 0) is 5.41 Å². The molecule has 0 atom stereocenters.